The Hall–Kier alpha value is -1.46. The molecule has 6 heteroatoms. The summed E-state index contributed by atoms with van der Waals surface area (Å²) < 4.78 is 9.55. The summed E-state index contributed by atoms with van der Waals surface area (Å²) in [6.07, 6.45) is 0. The highest BCUT2D eigenvalue weighted by molar-refractivity contribution is 6.33. The summed E-state index contributed by atoms with van der Waals surface area (Å²) in [6, 6.07) is 5.05. The Labute approximate surface area is 111 Å². The highest BCUT2D eigenvalue weighted by Crippen LogP contribution is 2.27. The van der Waals surface area contributed by atoms with E-state index in [0.29, 0.717) is 16.5 Å². The van der Waals surface area contributed by atoms with Crippen LogP contribution in [0.2, 0.25) is 5.02 Å². The Morgan fingerprint density at radius 1 is 1.50 bits per heavy atom. The fourth-order valence-corrected chi connectivity index (χ4v) is 1.51. The predicted octanol–water partition coefficient (Wildman–Crippen LogP) is 1.68. The fraction of sp³-hybridized carbons (Fsp3) is 0.417. The second-order valence-corrected chi connectivity index (χ2v) is 4.37. The van der Waals surface area contributed by atoms with Gasteiger partial charge in [-0.15, -0.1) is 0 Å². The molecule has 0 heterocycles. The quantitative estimate of drug-likeness (QED) is 0.799. The number of benzene rings is 1. The number of nitrogens with one attached hydrogen (secondary N) is 1. The molecule has 0 aromatic heterocycles. The lowest BCUT2D eigenvalue weighted by Gasteiger charge is -2.21. The van der Waals surface area contributed by atoms with Crippen LogP contribution in [0.25, 0.3) is 0 Å². The molecular formula is C12H16ClNO4. The van der Waals surface area contributed by atoms with E-state index < -0.39 is 11.6 Å². The zero-order chi connectivity index (χ0) is 13.8. The van der Waals surface area contributed by atoms with Crippen molar-refractivity contribution >= 4 is 23.3 Å². The van der Waals surface area contributed by atoms with E-state index in [4.69, 9.17) is 16.3 Å². The van der Waals surface area contributed by atoms with Gasteiger partial charge in [0.1, 0.15) is 5.75 Å². The Balaban J connectivity index is 2.77. The van der Waals surface area contributed by atoms with Crippen molar-refractivity contribution in [3.8, 4) is 5.75 Å². The van der Waals surface area contributed by atoms with E-state index in [0.717, 1.165) is 0 Å². The number of methoxy groups -OCH3 is 2. The number of anilines is 1. The zero-order valence-electron chi connectivity index (χ0n) is 10.5. The van der Waals surface area contributed by atoms with Crippen molar-refractivity contribution < 1.29 is 19.4 Å². The minimum atomic E-state index is -1.62. The molecule has 0 aliphatic rings. The van der Waals surface area contributed by atoms with E-state index in [2.05, 4.69) is 10.1 Å². The van der Waals surface area contributed by atoms with Gasteiger partial charge in [-0.1, -0.05) is 11.6 Å². The number of ether oxygens (including phenoxy) is 2. The summed E-state index contributed by atoms with van der Waals surface area (Å²) in [5.41, 5.74) is -1.05. The van der Waals surface area contributed by atoms with Gasteiger partial charge in [0.15, 0.2) is 5.60 Å². The van der Waals surface area contributed by atoms with E-state index >= 15 is 0 Å². The van der Waals surface area contributed by atoms with Crippen LogP contribution in [0, 0.1) is 0 Å². The van der Waals surface area contributed by atoms with Gasteiger partial charge in [0.25, 0.3) is 0 Å². The van der Waals surface area contributed by atoms with Crippen LogP contribution in [0.5, 0.6) is 5.75 Å². The van der Waals surface area contributed by atoms with Crippen LogP contribution >= 0.6 is 11.6 Å². The number of hydrogen-bond donors (Lipinski definition) is 2. The standard InChI is InChI=1S/C12H16ClNO4/c1-12(16,11(15)18-3)7-14-10-6-8(17-2)4-5-9(10)13/h4-6,14,16H,7H2,1-3H3. The number of halogens is 1. The number of hydrogen-bond acceptors (Lipinski definition) is 5. The molecule has 0 aliphatic carbocycles. The summed E-state index contributed by atoms with van der Waals surface area (Å²) in [7, 11) is 2.76. The van der Waals surface area contributed by atoms with Crippen molar-refractivity contribution in [1.29, 1.82) is 0 Å². The van der Waals surface area contributed by atoms with Gasteiger partial charge < -0.3 is 19.9 Å². The topological polar surface area (TPSA) is 67.8 Å². The SMILES string of the molecule is COC(=O)C(C)(O)CNc1cc(OC)ccc1Cl. The van der Waals surface area contributed by atoms with Crippen LogP contribution in [-0.4, -0.2) is 37.4 Å². The average Bonchev–Trinajstić information content (AvgIpc) is 2.36. The maximum atomic E-state index is 11.3. The van der Waals surface area contributed by atoms with Gasteiger partial charge in [0.2, 0.25) is 0 Å². The zero-order valence-corrected chi connectivity index (χ0v) is 11.2. The summed E-state index contributed by atoms with van der Waals surface area (Å²) in [5, 5.41) is 13.2. The third-order valence-corrected chi connectivity index (χ3v) is 2.75. The number of aliphatic hydroxyl groups is 1. The van der Waals surface area contributed by atoms with E-state index in [1.807, 2.05) is 0 Å². The first-order chi connectivity index (χ1) is 8.40. The van der Waals surface area contributed by atoms with Crippen molar-refractivity contribution in [2.75, 3.05) is 26.1 Å². The molecule has 1 unspecified atom stereocenters. The highest BCUT2D eigenvalue weighted by atomic mass is 35.5. The first-order valence-electron chi connectivity index (χ1n) is 5.29. The second kappa shape index (κ2) is 5.93. The Bertz CT molecular complexity index is 434. The number of carbonyl (C=O) groups excluding carboxylic acids is 1. The molecule has 100 valence electrons. The van der Waals surface area contributed by atoms with Crippen LogP contribution in [-0.2, 0) is 9.53 Å². The van der Waals surface area contributed by atoms with Gasteiger partial charge >= 0.3 is 5.97 Å². The molecule has 18 heavy (non-hydrogen) atoms. The Morgan fingerprint density at radius 2 is 2.17 bits per heavy atom. The number of rotatable bonds is 5. The minimum Gasteiger partial charge on any atom is -0.497 e. The molecule has 0 saturated carbocycles. The van der Waals surface area contributed by atoms with Crippen molar-refractivity contribution in [2.24, 2.45) is 0 Å². The molecular weight excluding hydrogens is 258 g/mol. The molecule has 0 aliphatic heterocycles. The number of carbonyl (C=O) groups is 1. The molecule has 0 fully saturated rings. The minimum absolute atomic E-state index is 0.0213. The first-order valence-corrected chi connectivity index (χ1v) is 5.66. The summed E-state index contributed by atoms with van der Waals surface area (Å²) >= 11 is 5.98. The van der Waals surface area contributed by atoms with E-state index in [1.165, 1.54) is 21.1 Å². The molecule has 1 aromatic carbocycles. The molecule has 5 nitrogen and oxygen atoms in total. The third kappa shape index (κ3) is 3.51. The van der Waals surface area contributed by atoms with Crippen molar-refractivity contribution in [3.05, 3.63) is 23.2 Å². The van der Waals surface area contributed by atoms with Crippen LogP contribution in [0.15, 0.2) is 18.2 Å². The summed E-state index contributed by atoms with van der Waals surface area (Å²) in [6.45, 7) is 1.34. The average molecular weight is 274 g/mol. The Kier molecular flexibility index (Phi) is 4.81. The lowest BCUT2D eigenvalue weighted by molar-refractivity contribution is -0.158. The molecule has 0 bridgehead atoms. The van der Waals surface area contributed by atoms with Crippen LogP contribution in [0.3, 0.4) is 0 Å². The second-order valence-electron chi connectivity index (χ2n) is 3.96. The lowest BCUT2D eigenvalue weighted by Crippen LogP contribution is -2.42. The van der Waals surface area contributed by atoms with Crippen LogP contribution in [0.1, 0.15) is 6.92 Å². The van der Waals surface area contributed by atoms with Gasteiger partial charge in [-0.05, 0) is 19.1 Å². The van der Waals surface area contributed by atoms with Gasteiger partial charge in [-0.3, -0.25) is 0 Å². The van der Waals surface area contributed by atoms with E-state index in [1.54, 1.807) is 18.2 Å². The highest BCUT2D eigenvalue weighted by Gasteiger charge is 2.31. The maximum Gasteiger partial charge on any atom is 0.339 e. The van der Waals surface area contributed by atoms with E-state index in [-0.39, 0.29) is 6.54 Å². The molecule has 1 rings (SSSR count). The third-order valence-electron chi connectivity index (χ3n) is 2.42. The van der Waals surface area contributed by atoms with Gasteiger partial charge in [-0.25, -0.2) is 4.79 Å². The molecule has 0 amide bonds. The Morgan fingerprint density at radius 3 is 2.72 bits per heavy atom. The lowest BCUT2D eigenvalue weighted by atomic mass is 10.1. The van der Waals surface area contributed by atoms with Crippen LogP contribution < -0.4 is 10.1 Å². The van der Waals surface area contributed by atoms with Gasteiger partial charge in [-0.2, -0.15) is 0 Å². The predicted molar refractivity (Wildman–Crippen MR) is 69.1 cm³/mol. The molecule has 2 N–H and O–H groups in total. The van der Waals surface area contributed by atoms with Gasteiger partial charge in [0.05, 0.1) is 31.5 Å². The maximum absolute atomic E-state index is 11.3. The smallest absolute Gasteiger partial charge is 0.339 e. The molecule has 0 spiro atoms. The monoisotopic (exact) mass is 273 g/mol. The summed E-state index contributed by atoms with van der Waals surface area (Å²) in [4.78, 5) is 11.3. The molecule has 0 saturated heterocycles. The van der Waals surface area contributed by atoms with E-state index in [9.17, 15) is 9.90 Å². The molecule has 0 radical (unpaired) electrons. The first kappa shape index (κ1) is 14.6. The summed E-state index contributed by atoms with van der Waals surface area (Å²) in [5.74, 6) is -0.0892. The normalized spacial score (nSPS) is 13.6. The molecule has 1 aromatic rings. The van der Waals surface area contributed by atoms with Crippen molar-refractivity contribution in [1.82, 2.24) is 0 Å². The number of esters is 1. The molecule has 1 atom stereocenters. The fourth-order valence-electron chi connectivity index (χ4n) is 1.33. The van der Waals surface area contributed by atoms with Crippen molar-refractivity contribution in [2.45, 2.75) is 12.5 Å². The van der Waals surface area contributed by atoms with Crippen molar-refractivity contribution in [3.63, 3.8) is 0 Å². The van der Waals surface area contributed by atoms with Gasteiger partial charge in [0, 0.05) is 6.07 Å². The largest absolute Gasteiger partial charge is 0.497 e. The van der Waals surface area contributed by atoms with Crippen LogP contribution in [0.4, 0.5) is 5.69 Å².